The standard InChI is InChI=1S/C28H31ClF5N7O/c1-14-8-21(35)37-23(22(14)28(32,33)34)17-10-20-18(9-19(17)29)24(38-26(36-20)42-12-16-4-3-7-40(16)2)41-11-15-5-6-27(13-41,39-15)25(30)31/h8-10,15-16,25,39H,3-7,11-13H2,1-2H3,(H2,35,37). The maximum Gasteiger partial charge on any atom is 0.418 e. The van der Waals surface area contributed by atoms with Crippen LogP contribution in [-0.2, 0) is 6.18 Å². The number of aryl methyl sites for hydroxylation is 1. The van der Waals surface area contributed by atoms with Gasteiger partial charge in [0.1, 0.15) is 18.2 Å². The number of likely N-dealkylation sites (N-methyl/N-ethyl adjacent to an activating group) is 1. The fraction of sp³-hybridized carbons (Fsp3) is 0.536. The van der Waals surface area contributed by atoms with Crippen molar-refractivity contribution in [3.8, 4) is 17.3 Å². The second kappa shape index (κ2) is 10.6. The second-order valence-electron chi connectivity index (χ2n) is 11.6. The van der Waals surface area contributed by atoms with Gasteiger partial charge in [0.2, 0.25) is 0 Å². The molecule has 3 aromatic rings. The largest absolute Gasteiger partial charge is 0.462 e. The Kier molecular flexibility index (Phi) is 7.33. The van der Waals surface area contributed by atoms with Gasteiger partial charge in [-0.25, -0.2) is 13.8 Å². The number of pyridine rings is 1. The predicted octanol–water partition coefficient (Wildman–Crippen LogP) is 5.30. The minimum atomic E-state index is -4.72. The van der Waals surface area contributed by atoms with Gasteiger partial charge >= 0.3 is 12.2 Å². The molecule has 0 aliphatic carbocycles. The number of ether oxygens (including phenoxy) is 1. The van der Waals surface area contributed by atoms with Crippen LogP contribution >= 0.6 is 11.6 Å². The van der Waals surface area contributed by atoms with Crippen LogP contribution in [0, 0.1) is 6.92 Å². The number of hydrogen-bond donors (Lipinski definition) is 2. The van der Waals surface area contributed by atoms with E-state index in [0.717, 1.165) is 25.5 Å². The number of hydrogen-bond acceptors (Lipinski definition) is 8. The van der Waals surface area contributed by atoms with Crippen molar-refractivity contribution in [2.75, 3.05) is 43.9 Å². The van der Waals surface area contributed by atoms with Crippen LogP contribution in [0.15, 0.2) is 18.2 Å². The van der Waals surface area contributed by atoms with Crippen LogP contribution < -0.4 is 20.7 Å². The Bertz CT molecular complexity index is 1520. The van der Waals surface area contributed by atoms with Gasteiger partial charge in [0.05, 0.1) is 27.3 Å². The van der Waals surface area contributed by atoms with E-state index in [4.69, 9.17) is 22.1 Å². The SMILES string of the molecule is Cc1cc(N)nc(-c2cc3nc(OCC4CCCN4C)nc(N4CC5CCC(C(F)F)(C4)N5)c3cc2Cl)c1C(F)(F)F. The minimum Gasteiger partial charge on any atom is -0.462 e. The monoisotopic (exact) mass is 611 g/mol. The van der Waals surface area contributed by atoms with Gasteiger partial charge in [-0.3, -0.25) is 0 Å². The average Bonchev–Trinajstić information content (AvgIpc) is 3.47. The van der Waals surface area contributed by atoms with Crippen LogP contribution in [0.25, 0.3) is 22.2 Å². The highest BCUT2D eigenvalue weighted by Gasteiger charge is 2.51. The van der Waals surface area contributed by atoms with Crippen LogP contribution in [0.4, 0.5) is 33.6 Å². The fourth-order valence-corrected chi connectivity index (χ4v) is 6.78. The number of piperazine rings is 1. The summed E-state index contributed by atoms with van der Waals surface area (Å²) in [5.41, 5.74) is 3.24. The Morgan fingerprint density at radius 3 is 2.67 bits per heavy atom. The van der Waals surface area contributed by atoms with Gasteiger partial charge in [-0.05, 0) is 70.0 Å². The molecule has 2 aromatic heterocycles. The fourth-order valence-electron chi connectivity index (χ4n) is 6.53. The lowest BCUT2D eigenvalue weighted by Gasteiger charge is -2.41. The third-order valence-electron chi connectivity index (χ3n) is 8.66. The molecule has 3 unspecified atom stereocenters. The third-order valence-corrected chi connectivity index (χ3v) is 8.97. The molecule has 6 rings (SSSR count). The van der Waals surface area contributed by atoms with Gasteiger partial charge in [0.15, 0.2) is 0 Å². The number of aromatic nitrogens is 3. The van der Waals surface area contributed by atoms with Crippen LogP contribution in [0.1, 0.15) is 36.8 Å². The highest BCUT2D eigenvalue weighted by Crippen LogP contribution is 2.44. The number of rotatable bonds is 6. The number of halogens is 6. The van der Waals surface area contributed by atoms with Crippen LogP contribution in [-0.4, -0.2) is 77.2 Å². The lowest BCUT2D eigenvalue weighted by atomic mass is 9.97. The van der Waals surface area contributed by atoms with E-state index in [1.165, 1.54) is 19.1 Å². The molecule has 5 heterocycles. The van der Waals surface area contributed by atoms with Crippen molar-refractivity contribution in [3.05, 3.63) is 34.3 Å². The first-order chi connectivity index (χ1) is 19.8. The summed E-state index contributed by atoms with van der Waals surface area (Å²) in [5.74, 6) is 0.253. The zero-order chi connectivity index (χ0) is 30.0. The Morgan fingerprint density at radius 1 is 1.19 bits per heavy atom. The van der Waals surface area contributed by atoms with E-state index in [9.17, 15) is 22.0 Å². The molecular formula is C28H31ClF5N7O. The summed E-state index contributed by atoms with van der Waals surface area (Å²) in [4.78, 5) is 17.2. The summed E-state index contributed by atoms with van der Waals surface area (Å²) in [6, 6.07) is 4.03. The van der Waals surface area contributed by atoms with Gasteiger partial charge in [-0.2, -0.15) is 23.1 Å². The van der Waals surface area contributed by atoms with Crippen LogP contribution in [0.2, 0.25) is 5.02 Å². The highest BCUT2D eigenvalue weighted by molar-refractivity contribution is 6.34. The maximum atomic E-state index is 14.2. The quantitative estimate of drug-likeness (QED) is 0.363. The van der Waals surface area contributed by atoms with Gasteiger partial charge in [0.25, 0.3) is 6.43 Å². The van der Waals surface area contributed by atoms with Crippen molar-refractivity contribution < 1.29 is 26.7 Å². The maximum absolute atomic E-state index is 14.2. The predicted molar refractivity (Wildman–Crippen MR) is 150 cm³/mol. The first-order valence-corrected chi connectivity index (χ1v) is 14.2. The van der Waals surface area contributed by atoms with Crippen molar-refractivity contribution >= 4 is 34.1 Å². The van der Waals surface area contributed by atoms with Gasteiger partial charge < -0.3 is 25.6 Å². The lowest BCUT2D eigenvalue weighted by molar-refractivity contribution is -0.137. The molecule has 3 N–H and O–H groups in total. The van der Waals surface area contributed by atoms with Gasteiger partial charge in [-0.1, -0.05) is 11.6 Å². The summed E-state index contributed by atoms with van der Waals surface area (Å²) >= 11 is 6.63. The smallest absolute Gasteiger partial charge is 0.418 e. The number of alkyl halides is 5. The molecule has 3 fully saturated rings. The molecule has 0 saturated carbocycles. The Labute approximate surface area is 244 Å². The van der Waals surface area contributed by atoms with Crippen molar-refractivity contribution in [2.24, 2.45) is 0 Å². The van der Waals surface area contributed by atoms with E-state index in [1.54, 1.807) is 4.90 Å². The van der Waals surface area contributed by atoms with Crippen molar-refractivity contribution in [2.45, 2.75) is 62.8 Å². The first-order valence-electron chi connectivity index (χ1n) is 13.8. The minimum absolute atomic E-state index is 0.00829. The Morgan fingerprint density at radius 2 is 1.98 bits per heavy atom. The molecule has 0 radical (unpaired) electrons. The molecule has 3 aliphatic heterocycles. The molecule has 0 spiro atoms. The molecular weight excluding hydrogens is 581 g/mol. The van der Waals surface area contributed by atoms with Crippen molar-refractivity contribution in [1.29, 1.82) is 0 Å². The molecule has 226 valence electrons. The van der Waals surface area contributed by atoms with Gasteiger partial charge in [0, 0.05) is 36.1 Å². The molecule has 1 aromatic carbocycles. The summed E-state index contributed by atoms with van der Waals surface area (Å²) in [6.07, 6.45) is -4.44. The van der Waals surface area contributed by atoms with Crippen molar-refractivity contribution in [3.63, 3.8) is 0 Å². The van der Waals surface area contributed by atoms with Gasteiger partial charge in [-0.15, -0.1) is 0 Å². The van der Waals surface area contributed by atoms with E-state index < -0.39 is 29.4 Å². The second-order valence-corrected chi connectivity index (χ2v) is 12.0. The lowest BCUT2D eigenvalue weighted by Crippen LogP contribution is -2.63. The van der Waals surface area contributed by atoms with Crippen molar-refractivity contribution in [1.82, 2.24) is 25.2 Å². The van der Waals surface area contributed by atoms with E-state index >= 15 is 0 Å². The number of fused-ring (bicyclic) bond motifs is 3. The number of nitrogens with two attached hydrogens (primary N) is 1. The normalized spacial score (nSPS) is 24.7. The number of nitrogen functional groups attached to an aromatic ring is 1. The number of likely N-dealkylation sites (tertiary alicyclic amines) is 1. The van der Waals surface area contributed by atoms with Crippen LogP contribution in [0.3, 0.4) is 0 Å². The summed E-state index contributed by atoms with van der Waals surface area (Å²) in [7, 11) is 2.00. The summed E-state index contributed by atoms with van der Waals surface area (Å²) in [6.45, 7) is 2.96. The molecule has 8 nitrogen and oxygen atoms in total. The first kappa shape index (κ1) is 29.1. The molecule has 2 bridgehead atoms. The molecule has 42 heavy (non-hydrogen) atoms. The van der Waals surface area contributed by atoms with E-state index in [1.807, 2.05) is 7.05 Å². The zero-order valence-corrected chi connectivity index (χ0v) is 23.9. The molecule has 0 amide bonds. The zero-order valence-electron chi connectivity index (χ0n) is 23.1. The van der Waals surface area contributed by atoms with E-state index in [-0.39, 0.29) is 52.1 Å². The number of nitrogens with zero attached hydrogens (tertiary/aromatic N) is 5. The number of nitrogens with one attached hydrogen (secondary N) is 1. The number of benzene rings is 1. The molecule has 3 aliphatic rings. The van der Waals surface area contributed by atoms with E-state index in [0.29, 0.717) is 37.2 Å². The Hall–Kier alpha value is -3.03. The average molecular weight is 612 g/mol. The van der Waals surface area contributed by atoms with E-state index in [2.05, 4.69) is 25.2 Å². The molecule has 3 atom stereocenters. The van der Waals surface area contributed by atoms with Crippen LogP contribution in [0.5, 0.6) is 6.01 Å². The third kappa shape index (κ3) is 5.19. The highest BCUT2D eigenvalue weighted by atomic mass is 35.5. The summed E-state index contributed by atoms with van der Waals surface area (Å²) in [5, 5.41) is 3.46. The topological polar surface area (TPSA) is 92.4 Å². The number of anilines is 2. The summed E-state index contributed by atoms with van der Waals surface area (Å²) < 4.78 is 77.0. The Balaban J connectivity index is 1.49. The molecule has 14 heteroatoms. The molecule has 3 saturated heterocycles.